The molecule has 2 saturated carbocycles. The third-order valence-corrected chi connectivity index (χ3v) is 5.19. The first kappa shape index (κ1) is 18.2. The maximum atomic E-state index is 10.4. The molecule has 5 atom stereocenters. The van der Waals surface area contributed by atoms with Gasteiger partial charge in [0, 0.05) is 12.3 Å². The molecule has 5 unspecified atom stereocenters. The van der Waals surface area contributed by atoms with Gasteiger partial charge < -0.3 is 20.2 Å². The summed E-state index contributed by atoms with van der Waals surface area (Å²) in [6.45, 7) is 2.39. The molecule has 2 aliphatic rings. The maximum absolute atomic E-state index is 10.4. The van der Waals surface area contributed by atoms with E-state index in [1.807, 2.05) is 0 Å². The maximum Gasteiger partial charge on any atom is 0.303 e. The largest absolute Gasteiger partial charge is 0.481 e. The van der Waals surface area contributed by atoms with E-state index in [1.54, 1.807) is 0 Å². The zero-order chi connectivity index (χ0) is 16.8. The van der Waals surface area contributed by atoms with Gasteiger partial charge in [0.1, 0.15) is 6.61 Å². The van der Waals surface area contributed by atoms with Crippen LogP contribution in [0.2, 0.25) is 0 Å². The Morgan fingerprint density at radius 2 is 2.22 bits per heavy atom. The molecule has 2 rings (SSSR count). The summed E-state index contributed by atoms with van der Waals surface area (Å²) in [5.74, 6) is 0.201. The number of hydrogen-bond donors (Lipinski definition) is 3. The standard InChI is InChI=1S/C17H29NO5/c1-2-4-11(19)6-7-12-13-9-15(14(13)10-16(12)20)18-23-8-3-5-17(21)22/h11-14,16,19-20H,2-10H2,1H3,(H,21,22). The normalized spacial score (nSPS) is 32.4. The predicted molar refractivity (Wildman–Crippen MR) is 86.1 cm³/mol. The Morgan fingerprint density at radius 1 is 1.43 bits per heavy atom. The number of nitrogens with zero attached hydrogens (tertiary/aromatic N) is 1. The van der Waals surface area contributed by atoms with E-state index in [1.165, 1.54) is 0 Å². The smallest absolute Gasteiger partial charge is 0.303 e. The molecular formula is C17H29NO5. The van der Waals surface area contributed by atoms with E-state index in [9.17, 15) is 15.0 Å². The predicted octanol–water partition coefficient (Wildman–Crippen LogP) is 2.18. The van der Waals surface area contributed by atoms with Crippen LogP contribution in [0.25, 0.3) is 0 Å². The number of carboxylic acids is 1. The van der Waals surface area contributed by atoms with Crippen LogP contribution in [0.3, 0.4) is 0 Å². The summed E-state index contributed by atoms with van der Waals surface area (Å²) in [5.41, 5.74) is 1.00. The molecule has 0 radical (unpaired) electrons. The molecule has 6 nitrogen and oxygen atoms in total. The summed E-state index contributed by atoms with van der Waals surface area (Å²) in [5, 5.41) is 32.8. The molecule has 2 fully saturated rings. The van der Waals surface area contributed by atoms with E-state index >= 15 is 0 Å². The Morgan fingerprint density at radius 3 is 2.91 bits per heavy atom. The summed E-state index contributed by atoms with van der Waals surface area (Å²) < 4.78 is 0. The van der Waals surface area contributed by atoms with Gasteiger partial charge in [-0.25, -0.2) is 0 Å². The van der Waals surface area contributed by atoms with Gasteiger partial charge in [0.05, 0.1) is 17.9 Å². The van der Waals surface area contributed by atoms with Crippen LogP contribution in [0.15, 0.2) is 5.16 Å². The lowest BCUT2D eigenvalue weighted by Gasteiger charge is -2.35. The third kappa shape index (κ3) is 4.91. The monoisotopic (exact) mass is 327 g/mol. The van der Waals surface area contributed by atoms with E-state index in [0.29, 0.717) is 24.9 Å². The molecule has 0 aromatic carbocycles. The first-order chi connectivity index (χ1) is 11.0. The van der Waals surface area contributed by atoms with Crippen LogP contribution < -0.4 is 0 Å². The molecule has 3 N–H and O–H groups in total. The molecule has 0 aromatic rings. The number of hydrogen-bond acceptors (Lipinski definition) is 5. The number of rotatable bonds is 10. The second kappa shape index (κ2) is 8.64. The molecule has 0 amide bonds. The lowest BCUT2D eigenvalue weighted by Crippen LogP contribution is -2.37. The molecule has 132 valence electrons. The Kier molecular flexibility index (Phi) is 6.84. The van der Waals surface area contributed by atoms with Gasteiger partial charge in [-0.15, -0.1) is 0 Å². The quantitative estimate of drug-likeness (QED) is 0.422. The van der Waals surface area contributed by atoms with Gasteiger partial charge >= 0.3 is 5.97 Å². The van der Waals surface area contributed by atoms with Gasteiger partial charge in [0.15, 0.2) is 0 Å². The molecule has 6 heteroatoms. The van der Waals surface area contributed by atoms with Gasteiger partial charge in [-0.1, -0.05) is 18.5 Å². The molecule has 0 bridgehead atoms. The average molecular weight is 327 g/mol. The molecule has 2 aliphatic carbocycles. The number of fused-ring (bicyclic) bond motifs is 1. The van der Waals surface area contributed by atoms with Crippen LogP contribution in [-0.4, -0.2) is 45.8 Å². The Labute approximate surface area is 137 Å². The molecule has 0 aliphatic heterocycles. The average Bonchev–Trinajstić information content (AvgIpc) is 2.72. The number of aliphatic carboxylic acids is 1. The highest BCUT2D eigenvalue weighted by Gasteiger charge is 2.51. The number of aliphatic hydroxyl groups is 2. The Hall–Kier alpha value is -1.14. The van der Waals surface area contributed by atoms with E-state index in [4.69, 9.17) is 9.94 Å². The number of carbonyl (C=O) groups is 1. The zero-order valence-corrected chi connectivity index (χ0v) is 13.9. The molecule has 0 spiro atoms. The summed E-state index contributed by atoms with van der Waals surface area (Å²) in [6.07, 6.45) is 5.03. The van der Waals surface area contributed by atoms with E-state index in [0.717, 1.165) is 44.2 Å². The third-order valence-electron chi connectivity index (χ3n) is 5.19. The Bertz CT molecular complexity index is 425. The van der Waals surface area contributed by atoms with Crippen LogP contribution >= 0.6 is 0 Å². The minimum Gasteiger partial charge on any atom is -0.481 e. The fourth-order valence-electron chi connectivity index (χ4n) is 3.89. The second-order valence-corrected chi connectivity index (χ2v) is 6.87. The SMILES string of the molecule is CCCC(O)CCC1C(O)CC2C(=NOCCCC(=O)O)CC21. The first-order valence-corrected chi connectivity index (χ1v) is 8.79. The van der Waals surface area contributed by atoms with Crippen LogP contribution in [0.5, 0.6) is 0 Å². The van der Waals surface area contributed by atoms with Crippen molar-refractivity contribution in [2.24, 2.45) is 22.9 Å². The lowest BCUT2D eigenvalue weighted by molar-refractivity contribution is -0.137. The summed E-state index contributed by atoms with van der Waals surface area (Å²) in [4.78, 5) is 15.6. The first-order valence-electron chi connectivity index (χ1n) is 8.79. The molecule has 23 heavy (non-hydrogen) atoms. The van der Waals surface area contributed by atoms with Crippen molar-refractivity contribution in [3.8, 4) is 0 Å². The van der Waals surface area contributed by atoms with Crippen molar-refractivity contribution >= 4 is 11.7 Å². The van der Waals surface area contributed by atoms with E-state index in [-0.39, 0.29) is 24.5 Å². The van der Waals surface area contributed by atoms with Crippen LogP contribution in [0, 0.1) is 17.8 Å². The van der Waals surface area contributed by atoms with Crippen LogP contribution in [0.4, 0.5) is 0 Å². The van der Waals surface area contributed by atoms with Crippen molar-refractivity contribution in [3.05, 3.63) is 0 Å². The van der Waals surface area contributed by atoms with Crippen molar-refractivity contribution in [1.82, 2.24) is 0 Å². The minimum absolute atomic E-state index is 0.0950. The molecule has 0 saturated heterocycles. The van der Waals surface area contributed by atoms with Crippen molar-refractivity contribution < 1.29 is 25.0 Å². The van der Waals surface area contributed by atoms with Crippen LogP contribution in [0.1, 0.15) is 58.3 Å². The van der Waals surface area contributed by atoms with Crippen LogP contribution in [-0.2, 0) is 9.63 Å². The number of oxime groups is 1. The van der Waals surface area contributed by atoms with Gasteiger partial charge in [-0.05, 0) is 50.4 Å². The van der Waals surface area contributed by atoms with Crippen molar-refractivity contribution in [2.75, 3.05) is 6.61 Å². The number of carboxylic acid groups (broad SMARTS) is 1. The topological polar surface area (TPSA) is 99.4 Å². The van der Waals surface area contributed by atoms with E-state index < -0.39 is 5.97 Å². The molecule has 0 aromatic heterocycles. The lowest BCUT2D eigenvalue weighted by atomic mass is 9.70. The van der Waals surface area contributed by atoms with Crippen molar-refractivity contribution in [3.63, 3.8) is 0 Å². The zero-order valence-electron chi connectivity index (χ0n) is 13.9. The van der Waals surface area contributed by atoms with Gasteiger partial charge in [-0.3, -0.25) is 4.79 Å². The highest BCUT2D eigenvalue weighted by molar-refractivity contribution is 5.93. The summed E-state index contributed by atoms with van der Waals surface area (Å²) in [6, 6.07) is 0. The van der Waals surface area contributed by atoms with Gasteiger partial charge in [-0.2, -0.15) is 0 Å². The van der Waals surface area contributed by atoms with Crippen molar-refractivity contribution in [2.45, 2.75) is 70.5 Å². The van der Waals surface area contributed by atoms with E-state index in [2.05, 4.69) is 12.1 Å². The molecule has 0 heterocycles. The summed E-state index contributed by atoms with van der Waals surface area (Å²) >= 11 is 0. The summed E-state index contributed by atoms with van der Waals surface area (Å²) in [7, 11) is 0. The highest BCUT2D eigenvalue weighted by atomic mass is 16.6. The number of aliphatic hydroxyl groups excluding tert-OH is 2. The second-order valence-electron chi connectivity index (χ2n) is 6.87. The van der Waals surface area contributed by atoms with Crippen molar-refractivity contribution in [1.29, 1.82) is 0 Å². The fourth-order valence-corrected chi connectivity index (χ4v) is 3.89. The highest BCUT2D eigenvalue weighted by Crippen LogP contribution is 2.50. The van der Waals surface area contributed by atoms with Gasteiger partial charge in [0.25, 0.3) is 0 Å². The minimum atomic E-state index is -0.822. The Balaban J connectivity index is 1.71. The molecular weight excluding hydrogens is 298 g/mol. The van der Waals surface area contributed by atoms with Gasteiger partial charge in [0.2, 0.25) is 0 Å². The fraction of sp³-hybridized carbons (Fsp3) is 0.882.